The average Bonchev–Trinajstić information content (AvgIpc) is 2.59. The molecule has 1 aliphatic heterocycles. The van der Waals surface area contributed by atoms with E-state index in [-0.39, 0.29) is 31.3 Å². The second-order valence-electron chi connectivity index (χ2n) is 7.60. The van der Waals surface area contributed by atoms with Crippen LogP contribution in [0.4, 0.5) is 0 Å². The van der Waals surface area contributed by atoms with Gasteiger partial charge in [0.1, 0.15) is 0 Å². The fourth-order valence-corrected chi connectivity index (χ4v) is 3.43. The van der Waals surface area contributed by atoms with Gasteiger partial charge in [0.05, 0.1) is 12.5 Å². The van der Waals surface area contributed by atoms with E-state index in [1.54, 1.807) is 10.4 Å². The van der Waals surface area contributed by atoms with E-state index in [9.17, 15) is 26.4 Å². The van der Waals surface area contributed by atoms with Gasteiger partial charge in [0.2, 0.25) is 31.9 Å². The molecule has 0 aromatic rings. The van der Waals surface area contributed by atoms with E-state index >= 15 is 0 Å². The first-order chi connectivity index (χ1) is 13.1. The number of sulfonamides is 2. The summed E-state index contributed by atoms with van der Waals surface area (Å²) in [6.07, 6.45) is 2.78. The van der Waals surface area contributed by atoms with Crippen LogP contribution in [-0.2, 0) is 29.6 Å². The van der Waals surface area contributed by atoms with Crippen LogP contribution in [0.25, 0.3) is 0 Å². The van der Waals surface area contributed by atoms with Gasteiger partial charge in [-0.2, -0.15) is 4.31 Å². The zero-order chi connectivity index (χ0) is 23.0. The van der Waals surface area contributed by atoms with Gasteiger partial charge in [-0.3, -0.25) is 14.8 Å². The molecule has 1 fully saturated rings. The van der Waals surface area contributed by atoms with Crippen molar-refractivity contribution in [2.45, 2.75) is 26.7 Å². The fraction of sp³-hybridized carbons (Fsp3) is 0.875. The molecular formula is C16H34N4O7S2. The third-order valence-corrected chi connectivity index (χ3v) is 6.97. The lowest BCUT2D eigenvalue weighted by molar-refractivity contribution is -0.141. The molecule has 0 saturated carbocycles. The Hall–Kier alpha value is -1.28. The van der Waals surface area contributed by atoms with Crippen molar-refractivity contribution in [2.24, 2.45) is 11.8 Å². The normalized spacial score (nSPS) is 16.9. The molecule has 29 heavy (non-hydrogen) atoms. The second kappa shape index (κ2) is 11.8. The van der Waals surface area contributed by atoms with E-state index in [4.69, 9.17) is 5.21 Å². The Morgan fingerprint density at radius 2 is 1.48 bits per heavy atom. The molecule has 1 atom stereocenters. The lowest BCUT2D eigenvalue weighted by Crippen LogP contribution is -2.52. The first-order valence-electron chi connectivity index (χ1n) is 9.13. The second-order valence-corrected chi connectivity index (χ2v) is 11.8. The molecule has 1 rings (SSSR count). The minimum absolute atomic E-state index is 0.0696. The zero-order valence-electron chi connectivity index (χ0n) is 18.0. The van der Waals surface area contributed by atoms with Crippen molar-refractivity contribution in [1.29, 1.82) is 0 Å². The van der Waals surface area contributed by atoms with Crippen LogP contribution in [0.3, 0.4) is 0 Å². The molecule has 1 saturated heterocycles. The van der Waals surface area contributed by atoms with E-state index in [1.807, 2.05) is 13.8 Å². The number of nitrogens with one attached hydrogen (secondary N) is 1. The summed E-state index contributed by atoms with van der Waals surface area (Å²) >= 11 is 0. The number of carbonyl (C=O) groups excluding carboxylic acids is 2. The Morgan fingerprint density at radius 1 is 1.03 bits per heavy atom. The summed E-state index contributed by atoms with van der Waals surface area (Å²) in [6.45, 7) is 5.09. The van der Waals surface area contributed by atoms with Gasteiger partial charge in [-0.1, -0.05) is 13.8 Å². The van der Waals surface area contributed by atoms with Crippen LogP contribution >= 0.6 is 0 Å². The number of rotatable bonds is 7. The van der Waals surface area contributed by atoms with Gasteiger partial charge in [-0.25, -0.2) is 26.6 Å². The standard InChI is InChI=1S/C13H25N3O5S.C3H9NO2S/c1-10(2)8-11(9-12(17)14-19)13(18)15-4-6-16(7-5-15)22(3,20)21;1-4(2)7(3,5)6/h10-11,19H,4-9H2,1-3H3,(H,14,17);1-3H3/t11-;/m1./s1. The smallest absolute Gasteiger partial charge is 0.244 e. The van der Waals surface area contributed by atoms with Crippen molar-refractivity contribution in [3.63, 3.8) is 0 Å². The van der Waals surface area contributed by atoms with Crippen molar-refractivity contribution in [3.8, 4) is 0 Å². The highest BCUT2D eigenvalue weighted by Gasteiger charge is 2.31. The lowest BCUT2D eigenvalue weighted by Gasteiger charge is -2.35. The number of hydrogen-bond acceptors (Lipinski definition) is 7. The third kappa shape index (κ3) is 10.9. The number of carbonyl (C=O) groups is 2. The monoisotopic (exact) mass is 458 g/mol. The molecule has 1 heterocycles. The van der Waals surface area contributed by atoms with Crippen molar-refractivity contribution >= 4 is 31.9 Å². The highest BCUT2D eigenvalue weighted by atomic mass is 32.2. The van der Waals surface area contributed by atoms with Gasteiger partial charge in [0.15, 0.2) is 0 Å². The topological polar surface area (TPSA) is 144 Å². The predicted molar refractivity (Wildman–Crippen MR) is 109 cm³/mol. The van der Waals surface area contributed by atoms with Crippen LogP contribution in [0, 0.1) is 11.8 Å². The van der Waals surface area contributed by atoms with Gasteiger partial charge in [-0.05, 0) is 12.3 Å². The van der Waals surface area contributed by atoms with Crippen molar-refractivity contribution in [3.05, 3.63) is 0 Å². The molecule has 0 aromatic heterocycles. The Kier molecular flexibility index (Phi) is 11.3. The van der Waals surface area contributed by atoms with Crippen LogP contribution in [-0.4, -0.2) is 100 Å². The maximum Gasteiger partial charge on any atom is 0.244 e. The van der Waals surface area contributed by atoms with E-state index < -0.39 is 31.9 Å². The molecule has 2 N–H and O–H groups in total. The molecule has 1 aliphatic rings. The van der Waals surface area contributed by atoms with E-state index in [0.29, 0.717) is 19.5 Å². The lowest BCUT2D eigenvalue weighted by atomic mass is 9.92. The summed E-state index contributed by atoms with van der Waals surface area (Å²) in [6, 6.07) is 0. The quantitative estimate of drug-likeness (QED) is 0.374. The number of hydroxylamine groups is 1. The third-order valence-electron chi connectivity index (χ3n) is 4.34. The largest absolute Gasteiger partial charge is 0.340 e. The van der Waals surface area contributed by atoms with Gasteiger partial charge in [0, 0.05) is 52.6 Å². The molecule has 0 bridgehead atoms. The maximum atomic E-state index is 12.5. The summed E-state index contributed by atoms with van der Waals surface area (Å²) in [5.41, 5.74) is 1.56. The van der Waals surface area contributed by atoms with Crippen molar-refractivity contribution < 1.29 is 31.6 Å². The highest BCUT2D eigenvalue weighted by molar-refractivity contribution is 7.88. The fourth-order valence-electron chi connectivity index (χ4n) is 2.61. The molecule has 172 valence electrons. The first-order valence-corrected chi connectivity index (χ1v) is 12.8. The number of nitrogens with zero attached hydrogens (tertiary/aromatic N) is 3. The Labute approximate surface area is 174 Å². The van der Waals surface area contributed by atoms with E-state index in [0.717, 1.165) is 16.8 Å². The molecule has 2 amide bonds. The van der Waals surface area contributed by atoms with Crippen LogP contribution in [0.15, 0.2) is 0 Å². The van der Waals surface area contributed by atoms with Gasteiger partial charge < -0.3 is 4.90 Å². The summed E-state index contributed by atoms with van der Waals surface area (Å²) in [5, 5.41) is 8.64. The van der Waals surface area contributed by atoms with Crippen LogP contribution in [0.5, 0.6) is 0 Å². The van der Waals surface area contributed by atoms with Gasteiger partial charge in [-0.15, -0.1) is 0 Å². The zero-order valence-corrected chi connectivity index (χ0v) is 19.6. The molecule has 13 heteroatoms. The highest BCUT2D eigenvalue weighted by Crippen LogP contribution is 2.20. The molecule has 0 aliphatic carbocycles. The summed E-state index contributed by atoms with van der Waals surface area (Å²) in [4.78, 5) is 25.5. The Balaban J connectivity index is 0.000000956. The van der Waals surface area contributed by atoms with Crippen molar-refractivity contribution in [1.82, 2.24) is 19.0 Å². The van der Waals surface area contributed by atoms with E-state index in [2.05, 4.69) is 0 Å². The van der Waals surface area contributed by atoms with Crippen LogP contribution in [0.2, 0.25) is 0 Å². The molecule has 0 spiro atoms. The molecular weight excluding hydrogens is 424 g/mol. The molecule has 11 nitrogen and oxygen atoms in total. The molecule has 0 unspecified atom stereocenters. The summed E-state index contributed by atoms with van der Waals surface area (Å²) in [5.74, 6) is -1.02. The number of hydrogen-bond donors (Lipinski definition) is 2. The SMILES string of the molecule is CC(C)C[C@H](CC(=O)NO)C(=O)N1CCN(S(C)(=O)=O)CC1.CN(C)S(C)(=O)=O. The summed E-state index contributed by atoms with van der Waals surface area (Å²) < 4.78 is 46.0. The van der Waals surface area contributed by atoms with Gasteiger partial charge in [0.25, 0.3) is 0 Å². The predicted octanol–water partition coefficient (Wildman–Crippen LogP) is -0.844. The minimum Gasteiger partial charge on any atom is -0.340 e. The number of piperazine rings is 1. The average molecular weight is 459 g/mol. The van der Waals surface area contributed by atoms with Crippen molar-refractivity contribution in [2.75, 3.05) is 52.8 Å². The maximum absolute atomic E-state index is 12.5. The first kappa shape index (κ1) is 27.7. The summed E-state index contributed by atoms with van der Waals surface area (Å²) in [7, 11) is -3.16. The number of amides is 2. The van der Waals surface area contributed by atoms with E-state index in [1.165, 1.54) is 18.4 Å². The minimum atomic E-state index is -3.24. The van der Waals surface area contributed by atoms with Crippen LogP contribution < -0.4 is 5.48 Å². The van der Waals surface area contributed by atoms with Crippen LogP contribution in [0.1, 0.15) is 26.7 Å². The Bertz CT molecular complexity index is 743. The molecule has 0 aromatic carbocycles. The Morgan fingerprint density at radius 3 is 1.79 bits per heavy atom. The molecule has 0 radical (unpaired) electrons. The van der Waals surface area contributed by atoms with Gasteiger partial charge >= 0.3 is 0 Å².